The molecule has 1 aromatic carbocycles. The van der Waals surface area contributed by atoms with Gasteiger partial charge in [0.25, 0.3) is 0 Å². The number of rotatable bonds is 5. The van der Waals surface area contributed by atoms with Gasteiger partial charge in [-0.05, 0) is 46.5 Å². The van der Waals surface area contributed by atoms with Crippen LogP contribution in [0.2, 0.25) is 5.02 Å². The molecule has 1 atom stereocenters. The van der Waals surface area contributed by atoms with E-state index in [9.17, 15) is 9.59 Å². The topological polar surface area (TPSA) is 43.9 Å². The van der Waals surface area contributed by atoms with E-state index in [1.165, 1.54) is 5.56 Å². The van der Waals surface area contributed by atoms with Crippen molar-refractivity contribution in [1.82, 2.24) is 14.7 Å². The molecule has 2 saturated heterocycles. The zero-order valence-electron chi connectivity index (χ0n) is 16.4. The maximum Gasteiger partial charge on any atom is 0.228 e. The highest BCUT2D eigenvalue weighted by atomic mass is 35.5. The Hall–Kier alpha value is -1.89. The molecule has 0 radical (unpaired) electrons. The van der Waals surface area contributed by atoms with Crippen molar-refractivity contribution in [2.75, 3.05) is 32.7 Å². The van der Waals surface area contributed by atoms with Crippen molar-refractivity contribution in [1.29, 1.82) is 0 Å². The van der Waals surface area contributed by atoms with Gasteiger partial charge in [0.05, 0.1) is 5.92 Å². The van der Waals surface area contributed by atoms with Gasteiger partial charge in [-0.2, -0.15) is 11.3 Å². The number of hydrogen-bond donors (Lipinski definition) is 0. The van der Waals surface area contributed by atoms with Crippen molar-refractivity contribution in [3.63, 3.8) is 0 Å². The third-order valence-corrected chi connectivity index (χ3v) is 6.72. The molecule has 2 aromatic rings. The molecule has 7 heteroatoms. The van der Waals surface area contributed by atoms with Crippen LogP contribution in [0.3, 0.4) is 0 Å². The van der Waals surface area contributed by atoms with Crippen LogP contribution < -0.4 is 0 Å². The lowest BCUT2D eigenvalue weighted by Crippen LogP contribution is -2.39. The lowest BCUT2D eigenvalue weighted by molar-refractivity contribution is -0.135. The Morgan fingerprint density at radius 1 is 1.03 bits per heavy atom. The van der Waals surface area contributed by atoms with E-state index in [1.54, 1.807) is 16.2 Å². The Morgan fingerprint density at radius 2 is 1.86 bits per heavy atom. The summed E-state index contributed by atoms with van der Waals surface area (Å²) in [5.41, 5.74) is 2.38. The Bertz CT molecular complexity index is 840. The number of carbonyl (C=O) groups is 2. The molecule has 2 amide bonds. The summed E-state index contributed by atoms with van der Waals surface area (Å²) in [5.74, 6) is -0.0280. The van der Waals surface area contributed by atoms with E-state index < -0.39 is 0 Å². The maximum atomic E-state index is 13.1. The summed E-state index contributed by atoms with van der Waals surface area (Å²) >= 11 is 7.66. The molecule has 0 aliphatic carbocycles. The van der Waals surface area contributed by atoms with E-state index >= 15 is 0 Å². The number of nitrogens with zero attached hydrogens (tertiary/aromatic N) is 3. The fourth-order valence-electron chi connectivity index (χ4n) is 4.15. The molecule has 4 rings (SSSR count). The number of benzene rings is 1. The number of halogens is 1. The summed E-state index contributed by atoms with van der Waals surface area (Å²) in [6, 6.07) is 9.69. The van der Waals surface area contributed by atoms with Gasteiger partial charge in [-0.3, -0.25) is 14.5 Å². The Balaban J connectivity index is 1.31. The zero-order chi connectivity index (χ0) is 20.2. The third kappa shape index (κ3) is 5.18. The molecule has 1 aromatic heterocycles. The fraction of sp³-hybridized carbons (Fsp3) is 0.455. The lowest BCUT2D eigenvalue weighted by Gasteiger charge is -2.24. The van der Waals surface area contributed by atoms with Crippen molar-refractivity contribution in [2.45, 2.75) is 25.9 Å². The van der Waals surface area contributed by atoms with Crippen LogP contribution in [0.15, 0.2) is 41.1 Å². The minimum atomic E-state index is -0.224. The minimum absolute atomic E-state index is 0.0622. The number of thiophene rings is 1. The first-order valence-corrected chi connectivity index (χ1v) is 11.4. The fourth-order valence-corrected chi connectivity index (χ4v) is 4.93. The second kappa shape index (κ2) is 9.28. The molecular weight excluding hydrogens is 406 g/mol. The Labute approximate surface area is 180 Å². The van der Waals surface area contributed by atoms with Gasteiger partial charge in [-0.25, -0.2) is 0 Å². The van der Waals surface area contributed by atoms with Crippen LogP contribution in [0.4, 0.5) is 0 Å². The molecule has 2 fully saturated rings. The summed E-state index contributed by atoms with van der Waals surface area (Å²) < 4.78 is 0. The van der Waals surface area contributed by atoms with Crippen molar-refractivity contribution in [3.05, 3.63) is 57.2 Å². The van der Waals surface area contributed by atoms with Gasteiger partial charge in [-0.15, -0.1) is 0 Å². The molecule has 29 heavy (non-hydrogen) atoms. The standard InChI is InChI=1S/C22H26ClN3O2S/c23-20-4-2-17(3-5-20)14-26-15-19(12-21(26)27)22(28)25-8-1-7-24(9-10-25)13-18-6-11-29-16-18/h2-6,11,16,19H,1,7-10,12-15H2. The summed E-state index contributed by atoms with van der Waals surface area (Å²) in [4.78, 5) is 31.7. The highest BCUT2D eigenvalue weighted by Crippen LogP contribution is 2.23. The third-order valence-electron chi connectivity index (χ3n) is 5.74. The SMILES string of the molecule is O=C1CC(C(=O)N2CCCN(Cc3ccsc3)CC2)CN1Cc1ccc(Cl)cc1. The van der Waals surface area contributed by atoms with Crippen molar-refractivity contribution >= 4 is 34.8 Å². The van der Waals surface area contributed by atoms with Crippen molar-refractivity contribution in [2.24, 2.45) is 5.92 Å². The average Bonchev–Trinajstić information content (AvgIpc) is 3.28. The highest BCUT2D eigenvalue weighted by molar-refractivity contribution is 7.07. The molecule has 0 spiro atoms. The van der Waals surface area contributed by atoms with Crippen LogP contribution in [0, 0.1) is 5.92 Å². The van der Waals surface area contributed by atoms with Gasteiger partial charge in [-0.1, -0.05) is 23.7 Å². The monoisotopic (exact) mass is 431 g/mol. The zero-order valence-corrected chi connectivity index (χ0v) is 18.0. The van der Waals surface area contributed by atoms with E-state index in [0.29, 0.717) is 24.5 Å². The molecule has 2 aliphatic heterocycles. The van der Waals surface area contributed by atoms with Gasteiger partial charge in [0.2, 0.25) is 11.8 Å². The summed E-state index contributed by atoms with van der Waals surface area (Å²) in [5, 5.41) is 4.98. The second-order valence-corrected chi connectivity index (χ2v) is 9.10. The summed E-state index contributed by atoms with van der Waals surface area (Å²) in [6.45, 7) is 5.40. The number of carbonyl (C=O) groups excluding carboxylic acids is 2. The summed E-state index contributed by atoms with van der Waals surface area (Å²) in [7, 11) is 0. The minimum Gasteiger partial charge on any atom is -0.341 e. The van der Waals surface area contributed by atoms with Crippen LogP contribution in [-0.4, -0.2) is 59.2 Å². The van der Waals surface area contributed by atoms with E-state index in [4.69, 9.17) is 11.6 Å². The average molecular weight is 432 g/mol. The number of likely N-dealkylation sites (tertiary alicyclic amines) is 1. The van der Waals surface area contributed by atoms with E-state index in [1.807, 2.05) is 29.2 Å². The smallest absolute Gasteiger partial charge is 0.228 e. The van der Waals surface area contributed by atoms with Crippen LogP contribution >= 0.6 is 22.9 Å². The Morgan fingerprint density at radius 3 is 2.62 bits per heavy atom. The largest absolute Gasteiger partial charge is 0.341 e. The first-order chi connectivity index (χ1) is 14.1. The molecule has 2 aliphatic rings. The normalized spacial score (nSPS) is 20.9. The van der Waals surface area contributed by atoms with Gasteiger partial charge in [0.1, 0.15) is 0 Å². The summed E-state index contributed by atoms with van der Waals surface area (Å²) in [6.07, 6.45) is 1.30. The van der Waals surface area contributed by atoms with Gasteiger partial charge >= 0.3 is 0 Å². The number of amides is 2. The van der Waals surface area contributed by atoms with Crippen LogP contribution in [0.1, 0.15) is 24.0 Å². The second-order valence-electron chi connectivity index (χ2n) is 7.89. The van der Waals surface area contributed by atoms with Crippen LogP contribution in [-0.2, 0) is 22.7 Å². The van der Waals surface area contributed by atoms with Crippen LogP contribution in [0.5, 0.6) is 0 Å². The van der Waals surface area contributed by atoms with Crippen LogP contribution in [0.25, 0.3) is 0 Å². The molecule has 5 nitrogen and oxygen atoms in total. The first kappa shape index (κ1) is 20.4. The van der Waals surface area contributed by atoms with Gasteiger partial charge < -0.3 is 9.80 Å². The van der Waals surface area contributed by atoms with E-state index in [2.05, 4.69) is 21.7 Å². The van der Waals surface area contributed by atoms with Crippen molar-refractivity contribution < 1.29 is 9.59 Å². The lowest BCUT2D eigenvalue weighted by atomic mass is 10.1. The van der Waals surface area contributed by atoms with Gasteiger partial charge in [0, 0.05) is 57.3 Å². The van der Waals surface area contributed by atoms with E-state index in [-0.39, 0.29) is 17.7 Å². The predicted molar refractivity (Wildman–Crippen MR) is 116 cm³/mol. The maximum absolute atomic E-state index is 13.1. The first-order valence-electron chi connectivity index (χ1n) is 10.1. The predicted octanol–water partition coefficient (Wildman–Crippen LogP) is 3.48. The molecule has 0 bridgehead atoms. The molecule has 0 saturated carbocycles. The molecule has 154 valence electrons. The van der Waals surface area contributed by atoms with Crippen molar-refractivity contribution in [3.8, 4) is 0 Å². The molecule has 0 N–H and O–H groups in total. The molecular formula is C22H26ClN3O2S. The molecule has 1 unspecified atom stereocenters. The van der Waals surface area contributed by atoms with E-state index in [0.717, 1.165) is 44.7 Å². The molecule has 3 heterocycles. The quantitative estimate of drug-likeness (QED) is 0.727. The Kier molecular flexibility index (Phi) is 6.53. The van der Waals surface area contributed by atoms with Gasteiger partial charge in [0.15, 0.2) is 0 Å². The number of hydrogen-bond acceptors (Lipinski definition) is 4. The highest BCUT2D eigenvalue weighted by Gasteiger charge is 2.36.